The lowest BCUT2D eigenvalue weighted by Crippen LogP contribution is -2.34. The molecule has 0 amide bonds. The highest BCUT2D eigenvalue weighted by molar-refractivity contribution is 7.13. The molecule has 0 bridgehead atoms. The Hall–Kier alpha value is -2.84. The van der Waals surface area contributed by atoms with Crippen molar-refractivity contribution in [1.29, 1.82) is 0 Å². The topological polar surface area (TPSA) is 76.7 Å². The van der Waals surface area contributed by atoms with Gasteiger partial charge >= 0.3 is 0 Å². The average molecular weight is 426 g/mol. The maximum atomic E-state index is 12.3. The van der Waals surface area contributed by atoms with E-state index in [2.05, 4.69) is 9.88 Å². The number of H-pyrrole nitrogens is 1. The predicted molar refractivity (Wildman–Crippen MR) is 115 cm³/mol. The van der Waals surface area contributed by atoms with Crippen molar-refractivity contribution in [3.05, 3.63) is 57.3 Å². The number of benzene rings is 1. The van der Waals surface area contributed by atoms with Gasteiger partial charge in [-0.3, -0.25) is 9.69 Å². The molecule has 2 aliphatic rings. The molecule has 8 heteroatoms. The molecule has 1 saturated heterocycles. The molecule has 5 rings (SSSR count). The van der Waals surface area contributed by atoms with Crippen molar-refractivity contribution in [2.45, 2.75) is 25.3 Å². The molecule has 156 valence electrons. The summed E-state index contributed by atoms with van der Waals surface area (Å²) in [5.41, 5.74) is 1.89. The highest BCUT2D eigenvalue weighted by Crippen LogP contribution is 2.42. The fourth-order valence-corrected chi connectivity index (χ4v) is 4.86. The van der Waals surface area contributed by atoms with Gasteiger partial charge in [0.15, 0.2) is 11.5 Å². The number of rotatable bonds is 5. The van der Waals surface area contributed by atoms with E-state index in [4.69, 9.17) is 19.2 Å². The molecule has 4 heterocycles. The Bertz CT molecular complexity index is 1100. The predicted octanol–water partition coefficient (Wildman–Crippen LogP) is 3.62. The SMILES string of the molecule is COc1cc(CN2CCCC(c3cc(=O)[nH]c(-c4cccs4)n3)C2)cc2c1OCO2. The number of fused-ring (bicyclic) bond motifs is 1. The summed E-state index contributed by atoms with van der Waals surface area (Å²) in [4.78, 5) is 23.3. The fraction of sp³-hybridized carbons (Fsp3) is 0.364. The number of piperidine rings is 1. The largest absolute Gasteiger partial charge is 0.493 e. The third-order valence-corrected chi connectivity index (χ3v) is 6.44. The first-order chi connectivity index (χ1) is 14.7. The van der Waals surface area contributed by atoms with Crippen molar-refractivity contribution >= 4 is 11.3 Å². The van der Waals surface area contributed by atoms with E-state index in [1.54, 1.807) is 24.5 Å². The van der Waals surface area contributed by atoms with Crippen molar-refractivity contribution < 1.29 is 14.2 Å². The van der Waals surface area contributed by atoms with Crippen LogP contribution in [-0.4, -0.2) is 41.9 Å². The van der Waals surface area contributed by atoms with Gasteiger partial charge < -0.3 is 19.2 Å². The molecule has 0 aliphatic carbocycles. The molecule has 30 heavy (non-hydrogen) atoms. The van der Waals surface area contributed by atoms with Gasteiger partial charge in [0.1, 0.15) is 5.82 Å². The van der Waals surface area contributed by atoms with Crippen LogP contribution in [0.5, 0.6) is 17.2 Å². The molecule has 1 N–H and O–H groups in total. The van der Waals surface area contributed by atoms with E-state index in [9.17, 15) is 4.79 Å². The van der Waals surface area contributed by atoms with Crippen LogP contribution in [0.4, 0.5) is 0 Å². The number of aromatic amines is 1. The van der Waals surface area contributed by atoms with E-state index in [1.165, 1.54) is 0 Å². The molecule has 1 aromatic carbocycles. The summed E-state index contributed by atoms with van der Waals surface area (Å²) in [6.45, 7) is 2.87. The number of ether oxygens (including phenoxy) is 3. The van der Waals surface area contributed by atoms with Crippen LogP contribution in [0.3, 0.4) is 0 Å². The molecule has 3 aromatic rings. The van der Waals surface area contributed by atoms with Crippen molar-refractivity contribution in [2.75, 3.05) is 27.0 Å². The first-order valence-corrected chi connectivity index (χ1v) is 10.9. The van der Waals surface area contributed by atoms with Crippen LogP contribution >= 0.6 is 11.3 Å². The second-order valence-electron chi connectivity index (χ2n) is 7.60. The minimum atomic E-state index is -0.0963. The number of hydrogen-bond acceptors (Lipinski definition) is 7. The highest BCUT2D eigenvalue weighted by atomic mass is 32.1. The zero-order valence-corrected chi connectivity index (χ0v) is 17.5. The third kappa shape index (κ3) is 3.80. The number of aromatic nitrogens is 2. The zero-order valence-electron chi connectivity index (χ0n) is 16.7. The molecule has 1 fully saturated rings. The molecule has 0 spiro atoms. The molecular weight excluding hydrogens is 402 g/mol. The number of hydrogen-bond donors (Lipinski definition) is 1. The second kappa shape index (κ2) is 8.12. The van der Waals surface area contributed by atoms with Gasteiger partial charge in [0.25, 0.3) is 5.56 Å². The van der Waals surface area contributed by atoms with Gasteiger partial charge in [-0.1, -0.05) is 6.07 Å². The van der Waals surface area contributed by atoms with E-state index in [-0.39, 0.29) is 18.3 Å². The van der Waals surface area contributed by atoms with Crippen molar-refractivity contribution in [3.63, 3.8) is 0 Å². The van der Waals surface area contributed by atoms with Crippen molar-refractivity contribution in [2.24, 2.45) is 0 Å². The number of nitrogens with zero attached hydrogens (tertiary/aromatic N) is 2. The quantitative estimate of drug-likeness (QED) is 0.673. The first-order valence-electron chi connectivity index (χ1n) is 10.0. The van der Waals surface area contributed by atoms with Crippen LogP contribution in [0, 0.1) is 0 Å². The van der Waals surface area contributed by atoms with Gasteiger partial charge in [0.2, 0.25) is 12.5 Å². The molecule has 1 unspecified atom stereocenters. The number of nitrogens with one attached hydrogen (secondary N) is 1. The molecule has 7 nitrogen and oxygen atoms in total. The van der Waals surface area contributed by atoms with E-state index in [0.717, 1.165) is 54.4 Å². The number of methoxy groups -OCH3 is 1. The zero-order chi connectivity index (χ0) is 20.5. The molecule has 2 aromatic heterocycles. The van der Waals surface area contributed by atoms with Crippen LogP contribution in [-0.2, 0) is 6.54 Å². The average Bonchev–Trinajstić information content (AvgIpc) is 3.45. The molecule has 2 aliphatic heterocycles. The van der Waals surface area contributed by atoms with Gasteiger partial charge in [0.05, 0.1) is 17.7 Å². The smallest absolute Gasteiger partial charge is 0.251 e. The summed E-state index contributed by atoms with van der Waals surface area (Å²) in [6.07, 6.45) is 2.09. The molecular formula is C22H23N3O4S. The number of thiophene rings is 1. The highest BCUT2D eigenvalue weighted by Gasteiger charge is 2.25. The van der Waals surface area contributed by atoms with E-state index >= 15 is 0 Å². The maximum absolute atomic E-state index is 12.3. The summed E-state index contributed by atoms with van der Waals surface area (Å²) in [5, 5.41) is 1.99. The van der Waals surface area contributed by atoms with Gasteiger partial charge in [-0.15, -0.1) is 11.3 Å². The second-order valence-corrected chi connectivity index (χ2v) is 8.55. The van der Waals surface area contributed by atoms with Crippen molar-refractivity contribution in [1.82, 2.24) is 14.9 Å². The normalized spacial score (nSPS) is 18.5. The molecule has 1 atom stereocenters. The van der Waals surface area contributed by atoms with Crippen LogP contribution in [0.2, 0.25) is 0 Å². The maximum Gasteiger partial charge on any atom is 0.251 e. The molecule has 0 saturated carbocycles. The lowest BCUT2D eigenvalue weighted by Gasteiger charge is -2.32. The Morgan fingerprint density at radius 3 is 3.10 bits per heavy atom. The summed E-state index contributed by atoms with van der Waals surface area (Å²) in [7, 11) is 1.64. The first kappa shape index (κ1) is 19.1. The minimum absolute atomic E-state index is 0.0963. The lowest BCUT2D eigenvalue weighted by molar-refractivity contribution is 0.171. The van der Waals surface area contributed by atoms with Gasteiger partial charge in [-0.2, -0.15) is 0 Å². The van der Waals surface area contributed by atoms with Gasteiger partial charge in [0, 0.05) is 25.1 Å². The summed E-state index contributed by atoms with van der Waals surface area (Å²) < 4.78 is 16.5. The van der Waals surface area contributed by atoms with Gasteiger partial charge in [-0.25, -0.2) is 4.98 Å². The Kier molecular flexibility index (Phi) is 5.18. The Labute approximate surface area is 178 Å². The Morgan fingerprint density at radius 2 is 2.27 bits per heavy atom. The third-order valence-electron chi connectivity index (χ3n) is 5.56. The summed E-state index contributed by atoms with van der Waals surface area (Å²) in [5.74, 6) is 2.99. The number of likely N-dealkylation sites (tertiary alicyclic amines) is 1. The Morgan fingerprint density at radius 1 is 1.33 bits per heavy atom. The van der Waals surface area contributed by atoms with Gasteiger partial charge in [-0.05, 0) is 48.5 Å². The van der Waals surface area contributed by atoms with E-state index < -0.39 is 0 Å². The minimum Gasteiger partial charge on any atom is -0.493 e. The lowest BCUT2D eigenvalue weighted by atomic mass is 9.94. The van der Waals surface area contributed by atoms with E-state index in [0.29, 0.717) is 17.3 Å². The summed E-state index contributed by atoms with van der Waals surface area (Å²) >= 11 is 1.58. The van der Waals surface area contributed by atoms with Crippen LogP contribution in [0.15, 0.2) is 40.5 Å². The monoisotopic (exact) mass is 425 g/mol. The van der Waals surface area contributed by atoms with Crippen LogP contribution < -0.4 is 19.8 Å². The fourth-order valence-electron chi connectivity index (χ4n) is 4.19. The van der Waals surface area contributed by atoms with Crippen LogP contribution in [0.1, 0.15) is 30.0 Å². The Balaban J connectivity index is 1.35. The van der Waals surface area contributed by atoms with Crippen molar-refractivity contribution in [3.8, 4) is 28.0 Å². The standard InChI is InChI=1S/C22H23N3O4S/c1-27-17-8-14(9-18-21(17)29-13-28-18)11-25-6-2-4-15(12-25)16-10-20(26)24-22(23-16)19-5-3-7-30-19/h3,5,7-10,15H,2,4,6,11-13H2,1H3,(H,23,24,26). The van der Waals surface area contributed by atoms with Crippen LogP contribution in [0.25, 0.3) is 10.7 Å². The summed E-state index contributed by atoms with van der Waals surface area (Å²) in [6, 6.07) is 9.63. The molecule has 0 radical (unpaired) electrons. The van der Waals surface area contributed by atoms with E-state index in [1.807, 2.05) is 29.6 Å².